The van der Waals surface area contributed by atoms with Gasteiger partial charge in [-0.2, -0.15) is 18.3 Å². The van der Waals surface area contributed by atoms with Gasteiger partial charge in [-0.05, 0) is 12.1 Å². The van der Waals surface area contributed by atoms with E-state index in [1.807, 2.05) is 0 Å². The highest BCUT2D eigenvalue weighted by Gasteiger charge is 2.35. The number of alkyl halides is 3. The average molecular weight is 305 g/mol. The molecule has 0 aliphatic rings. The maximum Gasteiger partial charge on any atom is 0.435 e. The molecule has 0 N–H and O–H groups in total. The Balaban J connectivity index is 2.25. The smallest absolute Gasteiger partial charge is 0.404 e. The van der Waals surface area contributed by atoms with E-state index in [0.29, 0.717) is 6.07 Å². The van der Waals surface area contributed by atoms with Crippen LogP contribution in [0, 0.1) is 0 Å². The topological polar surface area (TPSA) is 44.1 Å². The molecule has 106 valence electrons. The maximum atomic E-state index is 12.5. The Labute approximate surface area is 116 Å². The van der Waals surface area contributed by atoms with E-state index in [0.717, 1.165) is 4.68 Å². The number of hydrogen-bond acceptors (Lipinski definition) is 3. The van der Waals surface area contributed by atoms with Crippen LogP contribution in [0.25, 0.3) is 0 Å². The molecule has 1 aromatic carbocycles. The predicted octanol–water partition coefficient (Wildman–Crippen LogP) is 3.31. The molecule has 0 radical (unpaired) electrons. The molecule has 20 heavy (non-hydrogen) atoms. The Kier molecular flexibility index (Phi) is 3.71. The van der Waals surface area contributed by atoms with Gasteiger partial charge < -0.3 is 4.74 Å². The number of rotatable bonds is 2. The van der Waals surface area contributed by atoms with Gasteiger partial charge in [-0.25, -0.2) is 9.48 Å². The average Bonchev–Trinajstić information content (AvgIpc) is 2.71. The van der Waals surface area contributed by atoms with Crippen LogP contribution in [0.15, 0.2) is 30.3 Å². The zero-order chi connectivity index (χ0) is 14.9. The molecule has 0 spiro atoms. The van der Waals surface area contributed by atoms with Crippen LogP contribution in [0.5, 0.6) is 5.88 Å². The molecule has 1 heterocycles. The van der Waals surface area contributed by atoms with E-state index in [9.17, 15) is 18.0 Å². The Morgan fingerprint density at radius 2 is 2.00 bits per heavy atom. The van der Waals surface area contributed by atoms with Crippen molar-refractivity contribution in [3.05, 3.63) is 46.6 Å². The number of carbonyl (C=O) groups is 1. The first-order chi connectivity index (χ1) is 9.29. The molecule has 8 heteroatoms. The summed E-state index contributed by atoms with van der Waals surface area (Å²) in [6.07, 6.45) is -4.60. The van der Waals surface area contributed by atoms with Gasteiger partial charge in [0.15, 0.2) is 5.69 Å². The van der Waals surface area contributed by atoms with Crippen LogP contribution >= 0.6 is 11.6 Å². The van der Waals surface area contributed by atoms with Gasteiger partial charge in [0.1, 0.15) is 0 Å². The molecule has 0 aliphatic carbocycles. The lowest BCUT2D eigenvalue weighted by molar-refractivity contribution is -0.141. The second kappa shape index (κ2) is 5.16. The second-order valence-electron chi connectivity index (χ2n) is 3.86. The highest BCUT2D eigenvalue weighted by atomic mass is 35.5. The SMILES string of the molecule is Cn1nc(C(F)(F)F)cc1OC(=O)c1ccccc1Cl. The van der Waals surface area contributed by atoms with Crippen LogP contribution in [0.1, 0.15) is 16.1 Å². The third kappa shape index (κ3) is 2.93. The van der Waals surface area contributed by atoms with Gasteiger partial charge in [0.25, 0.3) is 0 Å². The molecule has 0 saturated carbocycles. The first-order valence-electron chi connectivity index (χ1n) is 5.37. The molecule has 2 rings (SSSR count). The van der Waals surface area contributed by atoms with Gasteiger partial charge in [0.05, 0.1) is 10.6 Å². The zero-order valence-corrected chi connectivity index (χ0v) is 10.9. The lowest BCUT2D eigenvalue weighted by atomic mass is 10.2. The minimum absolute atomic E-state index is 0.0592. The number of hydrogen-bond donors (Lipinski definition) is 0. The van der Waals surface area contributed by atoms with Gasteiger partial charge in [0.2, 0.25) is 5.88 Å². The molecule has 0 fully saturated rings. The Morgan fingerprint density at radius 1 is 1.35 bits per heavy atom. The number of carbonyl (C=O) groups excluding carboxylic acids is 1. The van der Waals surface area contributed by atoms with Crippen molar-refractivity contribution in [2.24, 2.45) is 7.05 Å². The first kappa shape index (κ1) is 14.4. The molecule has 0 aliphatic heterocycles. The molecule has 0 amide bonds. The van der Waals surface area contributed by atoms with E-state index in [1.165, 1.54) is 19.2 Å². The standard InChI is InChI=1S/C12H8ClF3N2O2/c1-18-10(6-9(17-18)12(14,15)16)20-11(19)7-4-2-3-5-8(7)13/h2-6H,1H3. The fourth-order valence-corrected chi connectivity index (χ4v) is 1.67. The van der Waals surface area contributed by atoms with E-state index >= 15 is 0 Å². The maximum absolute atomic E-state index is 12.5. The van der Waals surface area contributed by atoms with E-state index in [1.54, 1.807) is 12.1 Å². The van der Waals surface area contributed by atoms with Crippen molar-refractivity contribution >= 4 is 17.6 Å². The van der Waals surface area contributed by atoms with Crippen molar-refractivity contribution in [3.8, 4) is 5.88 Å². The van der Waals surface area contributed by atoms with E-state index in [-0.39, 0.29) is 16.5 Å². The van der Waals surface area contributed by atoms with Gasteiger partial charge in [-0.15, -0.1) is 0 Å². The third-order valence-corrected chi connectivity index (χ3v) is 2.75. The Bertz CT molecular complexity index is 652. The highest BCUT2D eigenvalue weighted by molar-refractivity contribution is 6.33. The molecular weight excluding hydrogens is 297 g/mol. The van der Waals surface area contributed by atoms with Crippen LogP contribution in [0.4, 0.5) is 13.2 Å². The minimum atomic E-state index is -4.60. The fourth-order valence-electron chi connectivity index (χ4n) is 1.46. The molecule has 0 unspecified atom stereocenters. The fraction of sp³-hybridized carbons (Fsp3) is 0.167. The molecule has 0 atom stereocenters. The number of esters is 1. The summed E-state index contributed by atoms with van der Waals surface area (Å²) in [6.45, 7) is 0. The van der Waals surface area contributed by atoms with Crippen LogP contribution < -0.4 is 4.74 Å². The van der Waals surface area contributed by atoms with Crippen LogP contribution in [-0.4, -0.2) is 15.7 Å². The lowest BCUT2D eigenvalue weighted by Gasteiger charge is -2.04. The van der Waals surface area contributed by atoms with Crippen molar-refractivity contribution < 1.29 is 22.7 Å². The summed E-state index contributed by atoms with van der Waals surface area (Å²) in [5.74, 6) is -1.17. The van der Waals surface area contributed by atoms with E-state index in [4.69, 9.17) is 16.3 Å². The highest BCUT2D eigenvalue weighted by Crippen LogP contribution is 2.30. The molecular formula is C12H8ClF3N2O2. The number of nitrogens with zero attached hydrogens (tertiary/aromatic N) is 2. The van der Waals surface area contributed by atoms with Crippen molar-refractivity contribution in [3.63, 3.8) is 0 Å². The lowest BCUT2D eigenvalue weighted by Crippen LogP contribution is -2.11. The molecule has 4 nitrogen and oxygen atoms in total. The van der Waals surface area contributed by atoms with Crippen molar-refractivity contribution in [1.29, 1.82) is 0 Å². The monoisotopic (exact) mass is 304 g/mol. The van der Waals surface area contributed by atoms with Crippen molar-refractivity contribution in [1.82, 2.24) is 9.78 Å². The molecule has 0 saturated heterocycles. The van der Waals surface area contributed by atoms with E-state index in [2.05, 4.69) is 5.10 Å². The normalized spacial score (nSPS) is 11.4. The number of halogens is 4. The third-order valence-electron chi connectivity index (χ3n) is 2.42. The zero-order valence-electron chi connectivity index (χ0n) is 10.1. The Morgan fingerprint density at radius 3 is 2.55 bits per heavy atom. The summed E-state index contributed by atoms with van der Waals surface area (Å²) in [6, 6.07) is 6.71. The first-order valence-corrected chi connectivity index (χ1v) is 5.75. The van der Waals surface area contributed by atoms with Gasteiger partial charge >= 0.3 is 12.1 Å². The minimum Gasteiger partial charge on any atom is -0.404 e. The summed E-state index contributed by atoms with van der Waals surface area (Å²) in [4.78, 5) is 11.8. The largest absolute Gasteiger partial charge is 0.435 e. The number of aryl methyl sites for hydroxylation is 1. The number of aromatic nitrogens is 2. The summed E-state index contributed by atoms with van der Waals surface area (Å²) in [5, 5.41) is 3.38. The van der Waals surface area contributed by atoms with Crippen molar-refractivity contribution in [2.75, 3.05) is 0 Å². The summed E-state index contributed by atoms with van der Waals surface area (Å²) in [7, 11) is 1.24. The Hall–Kier alpha value is -2.02. The molecule has 1 aromatic heterocycles. The van der Waals surface area contributed by atoms with Crippen LogP contribution in [-0.2, 0) is 13.2 Å². The molecule has 2 aromatic rings. The second-order valence-corrected chi connectivity index (χ2v) is 4.27. The predicted molar refractivity (Wildman–Crippen MR) is 64.6 cm³/mol. The number of ether oxygens (including phenoxy) is 1. The summed E-state index contributed by atoms with van der Waals surface area (Å²) in [5.41, 5.74) is -1.08. The summed E-state index contributed by atoms with van der Waals surface area (Å²) < 4.78 is 43.1. The summed E-state index contributed by atoms with van der Waals surface area (Å²) >= 11 is 5.80. The van der Waals surface area contributed by atoms with Gasteiger partial charge in [-0.3, -0.25) is 0 Å². The quantitative estimate of drug-likeness (QED) is 0.800. The van der Waals surface area contributed by atoms with Crippen LogP contribution in [0.2, 0.25) is 5.02 Å². The van der Waals surface area contributed by atoms with Crippen molar-refractivity contribution in [2.45, 2.75) is 6.18 Å². The van der Waals surface area contributed by atoms with Crippen LogP contribution in [0.3, 0.4) is 0 Å². The number of benzene rings is 1. The van der Waals surface area contributed by atoms with Gasteiger partial charge in [0, 0.05) is 13.1 Å². The van der Waals surface area contributed by atoms with E-state index < -0.39 is 17.8 Å². The van der Waals surface area contributed by atoms with Gasteiger partial charge in [-0.1, -0.05) is 23.7 Å². The molecule has 0 bridgehead atoms.